The summed E-state index contributed by atoms with van der Waals surface area (Å²) in [7, 11) is 0. The van der Waals surface area contributed by atoms with Gasteiger partial charge in [0.15, 0.2) is 17.3 Å². The number of benzene rings is 2. The molecule has 2 N–H and O–H groups in total. The highest BCUT2D eigenvalue weighted by atomic mass is 35.5. The summed E-state index contributed by atoms with van der Waals surface area (Å²) >= 11 is 23.9. The van der Waals surface area contributed by atoms with Crippen molar-refractivity contribution in [1.82, 2.24) is 14.9 Å². The maximum absolute atomic E-state index is 6.54. The number of hydrogen-bond acceptors (Lipinski definition) is 5. The summed E-state index contributed by atoms with van der Waals surface area (Å²) in [4.78, 5) is 0. The maximum Gasteiger partial charge on any atom is 0.214 e. The van der Waals surface area contributed by atoms with E-state index in [4.69, 9.17) is 56.5 Å². The molecular formula is C21H23Cl3N4O2S. The second kappa shape index (κ2) is 11.1. The Kier molecular flexibility index (Phi) is 8.49. The highest BCUT2D eigenvalue weighted by Crippen LogP contribution is 2.34. The number of aromatic amines is 1. The quantitative estimate of drug-likeness (QED) is 0.307. The largest absolute Gasteiger partial charge is 0.490 e. The molecule has 0 spiro atoms. The standard InChI is InChI=1S/C21H23Cl3N4O2S/c1-3-5-20-26-27-21(31)28(20)25-11-14-9-18(29-4-2)19(10-16(14)23)30-12-13-6-7-15(22)17(24)8-13/h6-10,25H,3-5,11-12H2,1-2H3,(H,27,31). The average Bonchev–Trinajstić information content (AvgIpc) is 3.09. The van der Waals surface area contributed by atoms with E-state index in [0.717, 1.165) is 29.8 Å². The van der Waals surface area contributed by atoms with E-state index in [1.807, 2.05) is 19.1 Å². The third-order valence-electron chi connectivity index (χ3n) is 4.43. The lowest BCUT2D eigenvalue weighted by Crippen LogP contribution is -2.18. The van der Waals surface area contributed by atoms with Crippen LogP contribution in [0.3, 0.4) is 0 Å². The number of halogens is 3. The van der Waals surface area contributed by atoms with Gasteiger partial charge in [-0.2, -0.15) is 5.10 Å². The van der Waals surface area contributed by atoms with Gasteiger partial charge in [-0.05, 0) is 54.9 Å². The van der Waals surface area contributed by atoms with Crippen molar-refractivity contribution in [2.45, 2.75) is 39.8 Å². The Morgan fingerprint density at radius 3 is 2.52 bits per heavy atom. The number of rotatable bonds is 10. The van der Waals surface area contributed by atoms with Crippen molar-refractivity contribution in [1.29, 1.82) is 0 Å². The predicted octanol–water partition coefficient (Wildman–Crippen LogP) is 6.57. The molecule has 0 saturated heterocycles. The number of aryl methyl sites for hydroxylation is 1. The van der Waals surface area contributed by atoms with E-state index in [-0.39, 0.29) is 0 Å². The zero-order chi connectivity index (χ0) is 22.4. The maximum atomic E-state index is 6.54. The molecule has 6 nitrogen and oxygen atoms in total. The second-order valence-corrected chi connectivity index (χ2v) is 8.33. The molecule has 1 heterocycles. The van der Waals surface area contributed by atoms with E-state index in [1.165, 1.54) is 0 Å². The van der Waals surface area contributed by atoms with Crippen molar-refractivity contribution in [3.8, 4) is 11.5 Å². The molecule has 10 heteroatoms. The van der Waals surface area contributed by atoms with Crippen LogP contribution in [0.5, 0.6) is 11.5 Å². The highest BCUT2D eigenvalue weighted by molar-refractivity contribution is 7.71. The Hall–Kier alpha value is -1.93. The molecule has 0 radical (unpaired) electrons. The first kappa shape index (κ1) is 23.7. The topological polar surface area (TPSA) is 64.1 Å². The summed E-state index contributed by atoms with van der Waals surface area (Å²) < 4.78 is 14.0. The van der Waals surface area contributed by atoms with Gasteiger partial charge in [-0.3, -0.25) is 5.10 Å². The zero-order valence-corrected chi connectivity index (χ0v) is 20.3. The first-order chi connectivity index (χ1) is 14.9. The predicted molar refractivity (Wildman–Crippen MR) is 128 cm³/mol. The fourth-order valence-electron chi connectivity index (χ4n) is 2.93. The van der Waals surface area contributed by atoms with Gasteiger partial charge in [-0.15, -0.1) is 0 Å². The molecule has 0 unspecified atom stereocenters. The summed E-state index contributed by atoms with van der Waals surface area (Å²) in [6.45, 7) is 5.23. The van der Waals surface area contributed by atoms with E-state index >= 15 is 0 Å². The molecule has 2 aromatic carbocycles. The first-order valence-corrected chi connectivity index (χ1v) is 11.4. The van der Waals surface area contributed by atoms with Crippen LogP contribution in [0.15, 0.2) is 30.3 Å². The van der Waals surface area contributed by atoms with Crippen LogP contribution in [0, 0.1) is 4.77 Å². The molecule has 3 rings (SSSR count). The minimum Gasteiger partial charge on any atom is -0.490 e. The van der Waals surface area contributed by atoms with Gasteiger partial charge in [0, 0.05) is 17.5 Å². The van der Waals surface area contributed by atoms with Crippen LogP contribution in [-0.4, -0.2) is 21.5 Å². The van der Waals surface area contributed by atoms with Crippen LogP contribution in [0.1, 0.15) is 37.2 Å². The molecular weight excluding hydrogens is 479 g/mol. The molecule has 0 fully saturated rings. The van der Waals surface area contributed by atoms with Gasteiger partial charge in [0.05, 0.1) is 23.2 Å². The van der Waals surface area contributed by atoms with Crippen LogP contribution < -0.4 is 14.9 Å². The molecule has 0 saturated carbocycles. The number of aromatic nitrogens is 3. The Balaban J connectivity index is 1.77. The smallest absolute Gasteiger partial charge is 0.214 e. The molecule has 31 heavy (non-hydrogen) atoms. The van der Waals surface area contributed by atoms with Gasteiger partial charge in [-0.25, -0.2) is 4.68 Å². The van der Waals surface area contributed by atoms with E-state index in [1.54, 1.807) is 22.9 Å². The van der Waals surface area contributed by atoms with Gasteiger partial charge in [-0.1, -0.05) is 47.8 Å². The molecule has 0 aliphatic carbocycles. The molecule has 0 amide bonds. The molecule has 1 aromatic heterocycles. The van der Waals surface area contributed by atoms with Crippen molar-refractivity contribution >= 4 is 47.0 Å². The molecule has 3 aromatic rings. The summed E-state index contributed by atoms with van der Waals surface area (Å²) in [6.07, 6.45) is 1.76. The Labute approximate surface area is 201 Å². The molecule has 0 aliphatic rings. The van der Waals surface area contributed by atoms with E-state index in [2.05, 4.69) is 22.5 Å². The van der Waals surface area contributed by atoms with Crippen LogP contribution >= 0.6 is 47.0 Å². The second-order valence-electron chi connectivity index (χ2n) is 6.73. The van der Waals surface area contributed by atoms with Crippen molar-refractivity contribution in [2.24, 2.45) is 0 Å². The number of hydrogen-bond donors (Lipinski definition) is 2. The van der Waals surface area contributed by atoms with Gasteiger partial charge in [0.25, 0.3) is 0 Å². The molecule has 0 aliphatic heterocycles. The van der Waals surface area contributed by atoms with Crippen LogP contribution in [0.2, 0.25) is 15.1 Å². The number of ether oxygens (including phenoxy) is 2. The number of nitrogens with one attached hydrogen (secondary N) is 2. The van der Waals surface area contributed by atoms with E-state index in [0.29, 0.717) is 51.1 Å². The van der Waals surface area contributed by atoms with Gasteiger partial charge in [0.1, 0.15) is 6.61 Å². The summed E-state index contributed by atoms with van der Waals surface area (Å²) in [5.74, 6) is 2.00. The van der Waals surface area contributed by atoms with Crippen LogP contribution in [0.4, 0.5) is 0 Å². The molecule has 0 bridgehead atoms. The summed E-state index contributed by atoms with van der Waals surface area (Å²) in [5.41, 5.74) is 5.00. The van der Waals surface area contributed by atoms with E-state index < -0.39 is 0 Å². The monoisotopic (exact) mass is 500 g/mol. The van der Waals surface area contributed by atoms with Crippen molar-refractivity contribution in [3.63, 3.8) is 0 Å². The fraction of sp³-hybridized carbons (Fsp3) is 0.333. The first-order valence-electron chi connectivity index (χ1n) is 9.85. The lowest BCUT2D eigenvalue weighted by atomic mass is 10.2. The van der Waals surface area contributed by atoms with Crippen LogP contribution in [-0.2, 0) is 19.6 Å². The van der Waals surface area contributed by atoms with Crippen molar-refractivity contribution in [2.75, 3.05) is 12.0 Å². The lowest BCUT2D eigenvalue weighted by molar-refractivity contribution is 0.269. The number of H-pyrrole nitrogens is 1. The van der Waals surface area contributed by atoms with Gasteiger partial charge >= 0.3 is 0 Å². The van der Waals surface area contributed by atoms with E-state index in [9.17, 15) is 0 Å². The minimum absolute atomic E-state index is 0.301. The Bertz CT molecular complexity index is 1100. The fourth-order valence-corrected chi connectivity index (χ4v) is 3.69. The Morgan fingerprint density at radius 2 is 1.81 bits per heavy atom. The molecule has 166 valence electrons. The van der Waals surface area contributed by atoms with Crippen molar-refractivity contribution < 1.29 is 9.47 Å². The summed E-state index contributed by atoms with van der Waals surface area (Å²) in [6, 6.07) is 8.99. The normalized spacial score (nSPS) is 10.9. The van der Waals surface area contributed by atoms with Crippen molar-refractivity contribution in [3.05, 3.63) is 67.1 Å². The minimum atomic E-state index is 0.301. The SMILES string of the molecule is CCCc1n[nH]c(=S)n1NCc1cc(OCC)c(OCc2ccc(Cl)c(Cl)c2)cc1Cl. The Morgan fingerprint density at radius 1 is 1.03 bits per heavy atom. The third-order valence-corrected chi connectivity index (χ3v) is 5.80. The average molecular weight is 502 g/mol. The van der Waals surface area contributed by atoms with Gasteiger partial charge < -0.3 is 14.9 Å². The lowest BCUT2D eigenvalue weighted by Gasteiger charge is -2.16. The summed E-state index contributed by atoms with van der Waals surface area (Å²) in [5, 5.41) is 8.59. The molecule has 0 atom stereocenters. The number of nitrogens with zero attached hydrogens (tertiary/aromatic N) is 2. The zero-order valence-electron chi connectivity index (χ0n) is 17.2. The highest BCUT2D eigenvalue weighted by Gasteiger charge is 2.13. The van der Waals surface area contributed by atoms with Crippen LogP contribution in [0.25, 0.3) is 0 Å². The van der Waals surface area contributed by atoms with Gasteiger partial charge in [0.2, 0.25) is 4.77 Å². The third kappa shape index (κ3) is 6.07.